The molecule has 0 aliphatic heterocycles. The highest BCUT2D eigenvalue weighted by atomic mass is 32.1. The van der Waals surface area contributed by atoms with Crippen molar-refractivity contribution in [3.05, 3.63) is 60.7 Å². The number of fused-ring (bicyclic) bond motifs is 2. The van der Waals surface area contributed by atoms with Crippen molar-refractivity contribution in [2.75, 3.05) is 0 Å². The molecule has 21 heavy (non-hydrogen) atoms. The lowest BCUT2D eigenvalue weighted by Gasteiger charge is -2.04. The van der Waals surface area contributed by atoms with Gasteiger partial charge in [0.1, 0.15) is 11.5 Å². The Morgan fingerprint density at radius 1 is 0.905 bits per heavy atom. The van der Waals surface area contributed by atoms with E-state index < -0.39 is 0 Å². The Morgan fingerprint density at radius 2 is 1.76 bits per heavy atom. The van der Waals surface area contributed by atoms with Crippen LogP contribution in [0.25, 0.3) is 21.0 Å². The van der Waals surface area contributed by atoms with Gasteiger partial charge >= 0.3 is 0 Å². The number of benzene rings is 3. The molecule has 1 N–H and O–H groups in total. The molecule has 0 bridgehead atoms. The molecule has 0 atom stereocenters. The Morgan fingerprint density at radius 3 is 2.67 bits per heavy atom. The number of para-hydroxylation sites is 1. The molecule has 102 valence electrons. The van der Waals surface area contributed by atoms with Crippen molar-refractivity contribution >= 4 is 32.3 Å². The average Bonchev–Trinajstić information content (AvgIpc) is 2.89. The first-order valence-corrected chi connectivity index (χ1v) is 7.36. The van der Waals surface area contributed by atoms with Gasteiger partial charge in [-0.3, -0.25) is 0 Å². The number of aromatic nitrogens is 1. The van der Waals surface area contributed by atoms with Gasteiger partial charge < -0.3 is 9.84 Å². The van der Waals surface area contributed by atoms with Crippen LogP contribution in [0, 0.1) is 0 Å². The Kier molecular flexibility index (Phi) is 2.75. The Hall–Kier alpha value is -2.59. The standard InChI is InChI=1S/C17H11NO2S/c19-13-7-5-11-6-8-14(10-12(11)9-13)20-17-18-15-3-1-2-4-16(15)21-17/h1-10,19H. The molecule has 0 saturated carbocycles. The highest BCUT2D eigenvalue weighted by molar-refractivity contribution is 7.20. The van der Waals surface area contributed by atoms with Crippen LogP contribution in [-0.2, 0) is 0 Å². The molecule has 3 aromatic carbocycles. The molecule has 1 aromatic heterocycles. The van der Waals surface area contributed by atoms with Gasteiger partial charge in [0, 0.05) is 0 Å². The van der Waals surface area contributed by atoms with Crippen molar-refractivity contribution in [1.29, 1.82) is 0 Å². The van der Waals surface area contributed by atoms with E-state index in [-0.39, 0.29) is 5.75 Å². The van der Waals surface area contributed by atoms with E-state index in [9.17, 15) is 5.11 Å². The zero-order chi connectivity index (χ0) is 14.2. The van der Waals surface area contributed by atoms with Gasteiger partial charge in [0.2, 0.25) is 0 Å². The summed E-state index contributed by atoms with van der Waals surface area (Å²) in [6, 6.07) is 19.0. The third-order valence-corrected chi connectivity index (χ3v) is 4.19. The minimum atomic E-state index is 0.250. The van der Waals surface area contributed by atoms with Crippen molar-refractivity contribution < 1.29 is 9.84 Å². The number of phenolic OH excluding ortho intramolecular Hbond substituents is 1. The van der Waals surface area contributed by atoms with E-state index in [0.717, 1.165) is 21.0 Å². The summed E-state index contributed by atoms with van der Waals surface area (Å²) in [5, 5.41) is 12.2. The van der Waals surface area contributed by atoms with E-state index in [0.29, 0.717) is 10.9 Å². The normalized spacial score (nSPS) is 11.0. The molecule has 4 aromatic rings. The Bertz CT molecular complexity index is 913. The van der Waals surface area contributed by atoms with E-state index in [4.69, 9.17) is 4.74 Å². The zero-order valence-electron chi connectivity index (χ0n) is 11.0. The number of nitrogens with zero attached hydrogens (tertiary/aromatic N) is 1. The van der Waals surface area contributed by atoms with Gasteiger partial charge in [-0.25, -0.2) is 4.98 Å². The summed E-state index contributed by atoms with van der Waals surface area (Å²) in [5.74, 6) is 0.965. The van der Waals surface area contributed by atoms with Gasteiger partial charge in [0.15, 0.2) is 0 Å². The highest BCUT2D eigenvalue weighted by Crippen LogP contribution is 2.32. The Labute approximate surface area is 125 Å². The van der Waals surface area contributed by atoms with Crippen LogP contribution in [0.15, 0.2) is 60.7 Å². The summed E-state index contributed by atoms with van der Waals surface area (Å²) in [4.78, 5) is 4.45. The number of phenols is 1. The van der Waals surface area contributed by atoms with Gasteiger partial charge in [0.05, 0.1) is 10.2 Å². The van der Waals surface area contributed by atoms with Crippen molar-refractivity contribution in [2.24, 2.45) is 0 Å². The minimum absolute atomic E-state index is 0.250. The molecule has 0 spiro atoms. The van der Waals surface area contributed by atoms with Crippen LogP contribution in [0.4, 0.5) is 0 Å². The third-order valence-electron chi connectivity index (χ3n) is 3.27. The molecule has 4 rings (SSSR count). The zero-order valence-corrected chi connectivity index (χ0v) is 11.8. The minimum Gasteiger partial charge on any atom is -0.508 e. The lowest BCUT2D eigenvalue weighted by Crippen LogP contribution is -1.83. The molecule has 0 aliphatic carbocycles. The van der Waals surface area contributed by atoms with Crippen LogP contribution in [0.1, 0.15) is 0 Å². The molecule has 0 amide bonds. The monoisotopic (exact) mass is 293 g/mol. The fraction of sp³-hybridized carbons (Fsp3) is 0. The molecule has 0 saturated heterocycles. The van der Waals surface area contributed by atoms with E-state index >= 15 is 0 Å². The number of hydrogen-bond donors (Lipinski definition) is 1. The quantitative estimate of drug-likeness (QED) is 0.568. The molecular weight excluding hydrogens is 282 g/mol. The molecule has 4 heteroatoms. The maximum atomic E-state index is 9.56. The average molecular weight is 293 g/mol. The summed E-state index contributed by atoms with van der Waals surface area (Å²) >= 11 is 1.52. The second-order valence-corrected chi connectivity index (χ2v) is 5.74. The van der Waals surface area contributed by atoms with E-state index in [1.54, 1.807) is 12.1 Å². The van der Waals surface area contributed by atoms with Crippen LogP contribution in [0.3, 0.4) is 0 Å². The predicted molar refractivity (Wildman–Crippen MR) is 85.3 cm³/mol. The molecule has 0 aliphatic rings. The number of ether oxygens (including phenoxy) is 1. The van der Waals surface area contributed by atoms with Crippen LogP contribution >= 0.6 is 11.3 Å². The molecule has 3 nitrogen and oxygen atoms in total. The smallest absolute Gasteiger partial charge is 0.279 e. The van der Waals surface area contributed by atoms with Gasteiger partial charge in [-0.15, -0.1) is 0 Å². The van der Waals surface area contributed by atoms with Gasteiger partial charge in [0.25, 0.3) is 5.19 Å². The highest BCUT2D eigenvalue weighted by Gasteiger charge is 2.06. The van der Waals surface area contributed by atoms with Gasteiger partial charge in [-0.05, 0) is 47.2 Å². The van der Waals surface area contributed by atoms with Crippen LogP contribution in [-0.4, -0.2) is 10.1 Å². The van der Waals surface area contributed by atoms with E-state index in [2.05, 4.69) is 4.98 Å². The van der Waals surface area contributed by atoms with Gasteiger partial charge in [-0.2, -0.15) is 0 Å². The van der Waals surface area contributed by atoms with Crippen molar-refractivity contribution in [2.45, 2.75) is 0 Å². The van der Waals surface area contributed by atoms with E-state index in [1.165, 1.54) is 11.3 Å². The SMILES string of the molecule is Oc1ccc2ccc(Oc3nc4ccccc4s3)cc2c1. The van der Waals surface area contributed by atoms with E-state index in [1.807, 2.05) is 48.5 Å². The number of hydrogen-bond acceptors (Lipinski definition) is 4. The maximum absolute atomic E-state index is 9.56. The number of rotatable bonds is 2. The lowest BCUT2D eigenvalue weighted by atomic mass is 10.1. The summed E-state index contributed by atoms with van der Waals surface area (Å²) in [5.41, 5.74) is 0.941. The predicted octanol–water partition coefficient (Wildman–Crippen LogP) is 4.95. The second kappa shape index (κ2) is 4.75. The largest absolute Gasteiger partial charge is 0.508 e. The molecule has 1 heterocycles. The first-order valence-electron chi connectivity index (χ1n) is 6.54. The number of aromatic hydroxyl groups is 1. The number of thiazole rings is 1. The summed E-state index contributed by atoms with van der Waals surface area (Å²) in [7, 11) is 0. The third kappa shape index (κ3) is 2.30. The fourth-order valence-corrected chi connectivity index (χ4v) is 3.11. The topological polar surface area (TPSA) is 42.4 Å². The summed E-state index contributed by atoms with van der Waals surface area (Å²) in [6.45, 7) is 0. The van der Waals surface area contributed by atoms with Crippen LogP contribution < -0.4 is 4.74 Å². The molecular formula is C17H11NO2S. The lowest BCUT2D eigenvalue weighted by molar-refractivity contribution is 0.475. The maximum Gasteiger partial charge on any atom is 0.279 e. The summed E-state index contributed by atoms with van der Waals surface area (Å²) < 4.78 is 6.94. The van der Waals surface area contributed by atoms with Crippen LogP contribution in [0.2, 0.25) is 0 Å². The first-order chi connectivity index (χ1) is 10.3. The van der Waals surface area contributed by atoms with Crippen molar-refractivity contribution in [3.63, 3.8) is 0 Å². The first kappa shape index (κ1) is 12.2. The molecule has 0 unspecified atom stereocenters. The molecule has 0 fully saturated rings. The van der Waals surface area contributed by atoms with Crippen LogP contribution in [0.5, 0.6) is 16.7 Å². The molecule has 0 radical (unpaired) electrons. The van der Waals surface area contributed by atoms with Crippen molar-refractivity contribution in [3.8, 4) is 16.7 Å². The van der Waals surface area contributed by atoms with Crippen molar-refractivity contribution in [1.82, 2.24) is 4.98 Å². The fourth-order valence-electron chi connectivity index (χ4n) is 2.27. The summed E-state index contributed by atoms with van der Waals surface area (Å²) in [6.07, 6.45) is 0. The second-order valence-electron chi connectivity index (χ2n) is 4.74. The Balaban J connectivity index is 1.72. The van der Waals surface area contributed by atoms with Gasteiger partial charge in [-0.1, -0.05) is 35.6 Å².